The number of anilines is 3. The minimum absolute atomic E-state index is 0.626. The molecule has 2 heterocycles. The number of hydrogen-bond acceptors (Lipinski definition) is 4. The molecule has 0 amide bonds. The Morgan fingerprint density at radius 3 is 2.93 bits per heavy atom. The highest BCUT2D eigenvalue weighted by Gasteiger charge is 2.01. The number of halogens is 1. The number of nitrogens with zero attached hydrogens (tertiary/aromatic N) is 1. The van der Waals surface area contributed by atoms with Gasteiger partial charge in [0.25, 0.3) is 0 Å². The van der Waals surface area contributed by atoms with E-state index < -0.39 is 0 Å². The van der Waals surface area contributed by atoms with E-state index in [0.29, 0.717) is 5.69 Å². The standard InChI is InChI=1S/C9H8ClN3S/c10-9-8(1-2-14-9)13-7-3-6(11)4-12-5-7/h1-5,13H,11H2. The van der Waals surface area contributed by atoms with Crippen LogP contribution in [0.3, 0.4) is 0 Å². The van der Waals surface area contributed by atoms with Crippen molar-refractivity contribution in [3.05, 3.63) is 34.2 Å². The second kappa shape index (κ2) is 3.86. The molecule has 2 aromatic rings. The summed E-state index contributed by atoms with van der Waals surface area (Å²) < 4.78 is 0.729. The van der Waals surface area contributed by atoms with Crippen LogP contribution in [-0.2, 0) is 0 Å². The summed E-state index contributed by atoms with van der Waals surface area (Å²) in [7, 11) is 0. The van der Waals surface area contributed by atoms with Crippen LogP contribution in [0.4, 0.5) is 17.1 Å². The fourth-order valence-electron chi connectivity index (χ4n) is 1.06. The van der Waals surface area contributed by atoms with Crippen molar-refractivity contribution in [2.45, 2.75) is 0 Å². The number of hydrogen-bond donors (Lipinski definition) is 2. The Morgan fingerprint density at radius 2 is 2.29 bits per heavy atom. The largest absolute Gasteiger partial charge is 0.397 e. The molecule has 0 unspecified atom stereocenters. The van der Waals surface area contributed by atoms with E-state index in [4.69, 9.17) is 17.3 Å². The quantitative estimate of drug-likeness (QED) is 0.826. The first-order chi connectivity index (χ1) is 6.75. The van der Waals surface area contributed by atoms with Gasteiger partial charge in [0, 0.05) is 6.20 Å². The molecule has 14 heavy (non-hydrogen) atoms. The van der Waals surface area contributed by atoms with Crippen molar-refractivity contribution in [2.75, 3.05) is 11.1 Å². The summed E-state index contributed by atoms with van der Waals surface area (Å²) in [6, 6.07) is 3.72. The van der Waals surface area contributed by atoms with Gasteiger partial charge in [-0.05, 0) is 17.5 Å². The number of thiophene rings is 1. The molecule has 0 aliphatic heterocycles. The molecule has 3 N–H and O–H groups in total. The summed E-state index contributed by atoms with van der Waals surface area (Å²) in [5.41, 5.74) is 7.94. The van der Waals surface area contributed by atoms with Gasteiger partial charge in [-0.25, -0.2) is 0 Å². The fourth-order valence-corrected chi connectivity index (χ4v) is 1.90. The molecule has 0 aliphatic carbocycles. The van der Waals surface area contributed by atoms with Crippen LogP contribution in [0.5, 0.6) is 0 Å². The molecule has 0 fully saturated rings. The average molecular weight is 226 g/mol. The highest BCUT2D eigenvalue weighted by atomic mass is 35.5. The third-order valence-electron chi connectivity index (χ3n) is 1.66. The van der Waals surface area contributed by atoms with E-state index in [0.717, 1.165) is 15.7 Å². The predicted molar refractivity (Wildman–Crippen MR) is 61.3 cm³/mol. The minimum Gasteiger partial charge on any atom is -0.397 e. The van der Waals surface area contributed by atoms with E-state index >= 15 is 0 Å². The van der Waals surface area contributed by atoms with Crippen LogP contribution in [0, 0.1) is 0 Å². The second-order valence-corrected chi connectivity index (χ2v) is 4.26. The van der Waals surface area contributed by atoms with Gasteiger partial charge in [-0.2, -0.15) is 0 Å². The zero-order valence-corrected chi connectivity index (χ0v) is 8.77. The molecule has 3 nitrogen and oxygen atoms in total. The number of aromatic nitrogens is 1. The number of rotatable bonds is 2. The monoisotopic (exact) mass is 225 g/mol. The van der Waals surface area contributed by atoms with Crippen molar-refractivity contribution in [3.8, 4) is 0 Å². The first kappa shape index (κ1) is 9.30. The van der Waals surface area contributed by atoms with Crippen molar-refractivity contribution >= 4 is 40.0 Å². The topological polar surface area (TPSA) is 50.9 Å². The molecule has 0 bridgehead atoms. The highest BCUT2D eigenvalue weighted by Crippen LogP contribution is 2.30. The molecule has 2 aromatic heterocycles. The maximum atomic E-state index is 5.93. The van der Waals surface area contributed by atoms with Gasteiger partial charge < -0.3 is 11.1 Å². The first-order valence-electron chi connectivity index (χ1n) is 3.96. The maximum absolute atomic E-state index is 5.93. The zero-order chi connectivity index (χ0) is 9.97. The Morgan fingerprint density at radius 1 is 1.43 bits per heavy atom. The molecule has 2 rings (SSSR count). The lowest BCUT2D eigenvalue weighted by Crippen LogP contribution is -1.92. The molecule has 0 spiro atoms. The lowest BCUT2D eigenvalue weighted by Gasteiger charge is -2.04. The second-order valence-electron chi connectivity index (χ2n) is 2.74. The molecule has 0 aliphatic rings. The molecular weight excluding hydrogens is 218 g/mol. The summed E-state index contributed by atoms with van der Waals surface area (Å²) in [5, 5.41) is 5.05. The van der Waals surface area contributed by atoms with Gasteiger partial charge in [0.1, 0.15) is 4.34 Å². The Bertz CT molecular complexity index is 441. The van der Waals surface area contributed by atoms with Crippen LogP contribution in [0.15, 0.2) is 29.9 Å². The normalized spacial score (nSPS) is 10.1. The number of nitrogens with one attached hydrogen (secondary N) is 1. The molecule has 0 radical (unpaired) electrons. The van der Waals surface area contributed by atoms with Gasteiger partial charge >= 0.3 is 0 Å². The van der Waals surface area contributed by atoms with Gasteiger partial charge in [-0.1, -0.05) is 11.6 Å². The Labute approximate surface area is 90.5 Å². The van der Waals surface area contributed by atoms with Crippen molar-refractivity contribution in [3.63, 3.8) is 0 Å². The van der Waals surface area contributed by atoms with E-state index in [2.05, 4.69) is 10.3 Å². The van der Waals surface area contributed by atoms with Gasteiger partial charge in [-0.15, -0.1) is 11.3 Å². The lowest BCUT2D eigenvalue weighted by molar-refractivity contribution is 1.33. The van der Waals surface area contributed by atoms with Crippen LogP contribution < -0.4 is 11.1 Å². The van der Waals surface area contributed by atoms with Crippen molar-refractivity contribution in [1.29, 1.82) is 0 Å². The lowest BCUT2D eigenvalue weighted by atomic mass is 10.3. The highest BCUT2D eigenvalue weighted by molar-refractivity contribution is 7.15. The van der Waals surface area contributed by atoms with E-state index in [-0.39, 0.29) is 0 Å². The average Bonchev–Trinajstić information content (AvgIpc) is 2.52. The Balaban J connectivity index is 2.23. The molecule has 0 saturated carbocycles. The van der Waals surface area contributed by atoms with Crippen LogP contribution >= 0.6 is 22.9 Å². The minimum atomic E-state index is 0.626. The predicted octanol–water partition coefficient (Wildman–Crippen LogP) is 3.12. The van der Waals surface area contributed by atoms with Crippen LogP contribution in [0.2, 0.25) is 4.34 Å². The molecule has 0 saturated heterocycles. The Kier molecular flexibility index (Phi) is 2.56. The van der Waals surface area contributed by atoms with Crippen molar-refractivity contribution in [2.24, 2.45) is 0 Å². The number of nitrogen functional groups attached to an aromatic ring is 1. The van der Waals surface area contributed by atoms with Crippen molar-refractivity contribution < 1.29 is 0 Å². The van der Waals surface area contributed by atoms with Gasteiger partial charge in [0.15, 0.2) is 0 Å². The number of pyridine rings is 1. The SMILES string of the molecule is Nc1cncc(Nc2ccsc2Cl)c1. The third kappa shape index (κ3) is 1.97. The molecule has 5 heteroatoms. The Hall–Kier alpha value is -1.26. The summed E-state index contributed by atoms with van der Waals surface area (Å²) in [5.74, 6) is 0. The summed E-state index contributed by atoms with van der Waals surface area (Å²) in [6.45, 7) is 0. The third-order valence-corrected chi connectivity index (χ3v) is 2.83. The van der Waals surface area contributed by atoms with E-state index in [1.54, 1.807) is 18.5 Å². The van der Waals surface area contributed by atoms with Crippen LogP contribution in [-0.4, -0.2) is 4.98 Å². The maximum Gasteiger partial charge on any atom is 0.116 e. The van der Waals surface area contributed by atoms with E-state index in [9.17, 15) is 0 Å². The molecular formula is C9H8ClN3S. The van der Waals surface area contributed by atoms with E-state index in [1.165, 1.54) is 11.3 Å². The summed E-state index contributed by atoms with van der Waals surface area (Å²) >= 11 is 7.41. The van der Waals surface area contributed by atoms with Gasteiger partial charge in [0.2, 0.25) is 0 Å². The first-order valence-corrected chi connectivity index (χ1v) is 5.22. The fraction of sp³-hybridized carbons (Fsp3) is 0. The smallest absolute Gasteiger partial charge is 0.116 e. The molecule has 72 valence electrons. The summed E-state index contributed by atoms with van der Waals surface area (Å²) in [6.07, 6.45) is 3.30. The van der Waals surface area contributed by atoms with Crippen LogP contribution in [0.1, 0.15) is 0 Å². The zero-order valence-electron chi connectivity index (χ0n) is 7.20. The summed E-state index contributed by atoms with van der Waals surface area (Å²) in [4.78, 5) is 3.97. The number of nitrogens with two attached hydrogens (primary N) is 1. The van der Waals surface area contributed by atoms with Crippen molar-refractivity contribution in [1.82, 2.24) is 4.98 Å². The van der Waals surface area contributed by atoms with Gasteiger partial charge in [0.05, 0.1) is 23.3 Å². The van der Waals surface area contributed by atoms with Gasteiger partial charge in [-0.3, -0.25) is 4.98 Å². The molecule has 0 atom stereocenters. The van der Waals surface area contributed by atoms with Crippen LogP contribution in [0.25, 0.3) is 0 Å². The van der Waals surface area contributed by atoms with E-state index in [1.807, 2.05) is 11.4 Å². The molecule has 0 aromatic carbocycles.